The number of nitrogens with one attached hydrogen (secondary N) is 1. The van der Waals surface area contributed by atoms with Gasteiger partial charge in [0.15, 0.2) is 0 Å². The molecule has 0 radical (unpaired) electrons. The van der Waals surface area contributed by atoms with Gasteiger partial charge in [-0.1, -0.05) is 6.42 Å². The third kappa shape index (κ3) is 3.53. The summed E-state index contributed by atoms with van der Waals surface area (Å²) < 4.78 is 0. The lowest BCUT2D eigenvalue weighted by Gasteiger charge is -2.13. The Morgan fingerprint density at radius 2 is 1.95 bits per heavy atom. The van der Waals surface area contributed by atoms with Gasteiger partial charge in [-0.3, -0.25) is 25.0 Å². The zero-order valence-corrected chi connectivity index (χ0v) is 11.3. The highest BCUT2D eigenvalue weighted by Crippen LogP contribution is 2.28. The van der Waals surface area contributed by atoms with E-state index in [-0.39, 0.29) is 29.6 Å². The molecule has 0 aromatic heterocycles. The summed E-state index contributed by atoms with van der Waals surface area (Å²) in [5.74, 6) is -0.437. The summed E-state index contributed by atoms with van der Waals surface area (Å²) in [6.07, 6.45) is 2.66. The number of nitro groups is 2. The van der Waals surface area contributed by atoms with Crippen molar-refractivity contribution in [3.63, 3.8) is 0 Å². The van der Waals surface area contributed by atoms with E-state index in [9.17, 15) is 25.0 Å². The van der Waals surface area contributed by atoms with Crippen LogP contribution in [0.15, 0.2) is 18.2 Å². The van der Waals surface area contributed by atoms with Gasteiger partial charge in [-0.15, -0.1) is 0 Å². The number of nitro benzene ring substituents is 2. The van der Waals surface area contributed by atoms with Crippen LogP contribution >= 0.6 is 0 Å². The van der Waals surface area contributed by atoms with Crippen molar-refractivity contribution in [3.8, 4) is 0 Å². The molecule has 1 aromatic rings. The predicted octanol–water partition coefficient (Wildman–Crippen LogP) is 1.96. The first kappa shape index (κ1) is 14.9. The van der Waals surface area contributed by atoms with Crippen LogP contribution < -0.4 is 5.32 Å². The summed E-state index contributed by atoms with van der Waals surface area (Å²) in [7, 11) is 0. The highest BCUT2D eigenvalue weighted by Gasteiger charge is 2.26. The second-order valence-corrected chi connectivity index (χ2v) is 5.02. The average Bonchev–Trinajstić information content (AvgIpc) is 2.64. The van der Waals surface area contributed by atoms with Gasteiger partial charge in [-0.25, -0.2) is 0 Å². The van der Waals surface area contributed by atoms with E-state index >= 15 is 0 Å². The second kappa shape index (κ2) is 6.29. The van der Waals surface area contributed by atoms with Gasteiger partial charge in [0.05, 0.1) is 15.9 Å². The molecule has 1 saturated heterocycles. The molecule has 1 unspecified atom stereocenters. The summed E-state index contributed by atoms with van der Waals surface area (Å²) in [5.41, 5.74) is -0.273. The fraction of sp³-hybridized carbons (Fsp3) is 0.462. The maximum absolute atomic E-state index is 11.9. The highest BCUT2D eigenvalue weighted by molar-refractivity contribution is 5.79. The number of benzene rings is 1. The van der Waals surface area contributed by atoms with E-state index in [0.29, 0.717) is 18.5 Å². The molecule has 21 heavy (non-hydrogen) atoms. The molecule has 1 atom stereocenters. The summed E-state index contributed by atoms with van der Waals surface area (Å²) in [6, 6.07) is 3.55. The predicted molar refractivity (Wildman–Crippen MR) is 73.8 cm³/mol. The third-order valence-corrected chi connectivity index (χ3v) is 3.59. The van der Waals surface area contributed by atoms with Gasteiger partial charge < -0.3 is 5.32 Å². The van der Waals surface area contributed by atoms with Crippen LogP contribution in [0.1, 0.15) is 24.8 Å². The number of hydrogen-bond donors (Lipinski definition) is 1. The number of non-ortho nitro benzene ring substituents is 1. The molecule has 1 amide bonds. The van der Waals surface area contributed by atoms with Crippen LogP contribution in [-0.4, -0.2) is 22.3 Å². The number of hydrogen-bond acceptors (Lipinski definition) is 5. The van der Waals surface area contributed by atoms with Crippen molar-refractivity contribution in [1.29, 1.82) is 0 Å². The van der Waals surface area contributed by atoms with Crippen LogP contribution in [0.25, 0.3) is 0 Å². The molecule has 0 spiro atoms. The van der Waals surface area contributed by atoms with Gasteiger partial charge in [0, 0.05) is 24.1 Å². The Bertz CT molecular complexity index is 587. The number of carbonyl (C=O) groups excluding carboxylic acids is 1. The van der Waals surface area contributed by atoms with Gasteiger partial charge >= 0.3 is 0 Å². The molecule has 1 heterocycles. The Hall–Kier alpha value is -2.51. The van der Waals surface area contributed by atoms with E-state index in [0.717, 1.165) is 18.9 Å². The lowest BCUT2D eigenvalue weighted by Crippen LogP contribution is -2.30. The number of amides is 1. The van der Waals surface area contributed by atoms with Crippen molar-refractivity contribution >= 4 is 17.3 Å². The first-order valence-corrected chi connectivity index (χ1v) is 6.68. The molecule has 2 rings (SSSR count). The molecular formula is C13H15N3O5. The molecule has 8 nitrogen and oxygen atoms in total. The molecule has 1 N–H and O–H groups in total. The fourth-order valence-electron chi connectivity index (χ4n) is 2.47. The van der Waals surface area contributed by atoms with E-state index < -0.39 is 9.85 Å². The number of nitrogens with zero attached hydrogens (tertiary/aromatic N) is 2. The van der Waals surface area contributed by atoms with E-state index in [1.165, 1.54) is 12.1 Å². The SMILES string of the molecule is O=C1NCCCCC1Cc1ccc([N+](=O)[O-])cc1[N+](=O)[O-]. The molecule has 0 bridgehead atoms. The summed E-state index contributed by atoms with van der Waals surface area (Å²) in [5, 5.41) is 24.5. The van der Waals surface area contributed by atoms with Crippen LogP contribution in [0, 0.1) is 26.1 Å². The van der Waals surface area contributed by atoms with E-state index in [1.54, 1.807) is 0 Å². The molecule has 1 aromatic carbocycles. The first-order chi connectivity index (χ1) is 9.99. The van der Waals surface area contributed by atoms with Crippen molar-refractivity contribution in [2.75, 3.05) is 6.54 Å². The zero-order chi connectivity index (χ0) is 15.4. The Kier molecular flexibility index (Phi) is 4.46. The lowest BCUT2D eigenvalue weighted by molar-refractivity contribution is -0.394. The second-order valence-electron chi connectivity index (χ2n) is 5.02. The Morgan fingerprint density at radius 1 is 1.19 bits per heavy atom. The van der Waals surface area contributed by atoms with E-state index in [1.807, 2.05) is 0 Å². The van der Waals surface area contributed by atoms with Gasteiger partial charge in [-0.2, -0.15) is 0 Å². The number of rotatable bonds is 4. The largest absolute Gasteiger partial charge is 0.356 e. The van der Waals surface area contributed by atoms with Gasteiger partial charge in [0.25, 0.3) is 11.4 Å². The monoisotopic (exact) mass is 293 g/mol. The summed E-state index contributed by atoms with van der Waals surface area (Å²) in [6.45, 7) is 0.623. The molecule has 0 saturated carbocycles. The number of carbonyl (C=O) groups is 1. The molecule has 0 aliphatic carbocycles. The molecular weight excluding hydrogens is 278 g/mol. The van der Waals surface area contributed by atoms with Crippen LogP contribution in [0.5, 0.6) is 0 Å². The van der Waals surface area contributed by atoms with Crippen molar-refractivity contribution < 1.29 is 14.6 Å². The van der Waals surface area contributed by atoms with Crippen LogP contribution in [0.2, 0.25) is 0 Å². The molecule has 8 heteroatoms. The van der Waals surface area contributed by atoms with Gasteiger partial charge in [0.1, 0.15) is 0 Å². The lowest BCUT2D eigenvalue weighted by atomic mass is 9.93. The molecule has 1 aliphatic rings. The fourth-order valence-corrected chi connectivity index (χ4v) is 2.47. The van der Waals surface area contributed by atoms with Crippen molar-refractivity contribution in [3.05, 3.63) is 44.0 Å². The molecule has 1 aliphatic heterocycles. The third-order valence-electron chi connectivity index (χ3n) is 3.59. The topological polar surface area (TPSA) is 115 Å². The minimum absolute atomic E-state index is 0.111. The maximum atomic E-state index is 11.9. The van der Waals surface area contributed by atoms with E-state index in [4.69, 9.17) is 0 Å². The van der Waals surface area contributed by atoms with Crippen LogP contribution in [0.3, 0.4) is 0 Å². The van der Waals surface area contributed by atoms with Crippen LogP contribution in [0.4, 0.5) is 11.4 Å². The molecule has 1 fully saturated rings. The van der Waals surface area contributed by atoms with Crippen molar-refractivity contribution in [2.24, 2.45) is 5.92 Å². The summed E-state index contributed by atoms with van der Waals surface area (Å²) >= 11 is 0. The Morgan fingerprint density at radius 3 is 2.62 bits per heavy atom. The minimum atomic E-state index is -0.671. The summed E-state index contributed by atoms with van der Waals surface area (Å²) in [4.78, 5) is 32.3. The Balaban J connectivity index is 2.28. The van der Waals surface area contributed by atoms with Crippen LogP contribution in [-0.2, 0) is 11.2 Å². The van der Waals surface area contributed by atoms with Crippen molar-refractivity contribution in [2.45, 2.75) is 25.7 Å². The normalized spacial score (nSPS) is 18.7. The Labute approximate surface area is 120 Å². The van der Waals surface area contributed by atoms with Crippen molar-refractivity contribution in [1.82, 2.24) is 5.32 Å². The minimum Gasteiger partial charge on any atom is -0.356 e. The maximum Gasteiger partial charge on any atom is 0.279 e. The van der Waals surface area contributed by atoms with E-state index in [2.05, 4.69) is 5.32 Å². The quantitative estimate of drug-likeness (QED) is 0.673. The smallest absolute Gasteiger partial charge is 0.279 e. The first-order valence-electron chi connectivity index (χ1n) is 6.68. The molecule has 112 valence electrons. The standard InChI is InChI=1S/C13H15N3O5/c17-13-10(3-1-2-6-14-13)7-9-4-5-11(15(18)19)8-12(9)16(20)21/h4-5,8,10H,1-3,6-7H2,(H,14,17). The highest BCUT2D eigenvalue weighted by atomic mass is 16.6. The van der Waals surface area contributed by atoms with Gasteiger partial charge in [0.2, 0.25) is 5.91 Å². The van der Waals surface area contributed by atoms with Gasteiger partial charge in [-0.05, 0) is 25.3 Å². The zero-order valence-electron chi connectivity index (χ0n) is 11.3. The average molecular weight is 293 g/mol.